The van der Waals surface area contributed by atoms with Crippen LogP contribution in [0.2, 0.25) is 0 Å². The lowest BCUT2D eigenvalue weighted by molar-refractivity contribution is -0.151. The van der Waals surface area contributed by atoms with Crippen LogP contribution in [0.5, 0.6) is 0 Å². The highest BCUT2D eigenvalue weighted by Crippen LogP contribution is 2.32. The molecule has 1 aromatic rings. The molecule has 0 saturated carbocycles. The third kappa shape index (κ3) is 5.23. The molecule has 1 heterocycles. The van der Waals surface area contributed by atoms with Crippen molar-refractivity contribution in [2.24, 2.45) is 5.92 Å². The van der Waals surface area contributed by atoms with Crippen LogP contribution in [0.4, 0.5) is 23.7 Å². The summed E-state index contributed by atoms with van der Waals surface area (Å²) >= 11 is 0. The van der Waals surface area contributed by atoms with Crippen molar-refractivity contribution in [1.82, 2.24) is 9.80 Å². The van der Waals surface area contributed by atoms with Gasteiger partial charge in [-0.15, -0.1) is 6.42 Å². The molecule has 10 heteroatoms. The van der Waals surface area contributed by atoms with Crippen LogP contribution in [-0.2, 0) is 20.5 Å². The zero-order valence-corrected chi connectivity index (χ0v) is 16.7. The molecule has 2 rings (SSSR count). The quantitative estimate of drug-likeness (QED) is 0.413. The minimum absolute atomic E-state index is 0.0433. The van der Waals surface area contributed by atoms with Crippen molar-refractivity contribution in [3.63, 3.8) is 0 Å². The standard InChI is InChI=1S/C20H22F3N3O4/c1-5-8-25-10-16(27)26(19(25)29)11-30-18(28)17(12(2)3)24-15-7-6-14(9-13(15)4)20(21,22)23/h1,6-7,9,12,17,24H,8,10-11H2,2-4H3. The fourth-order valence-electron chi connectivity index (χ4n) is 2.84. The number of ether oxygens (including phenoxy) is 1. The molecule has 0 bridgehead atoms. The molecule has 162 valence electrons. The molecule has 0 aromatic heterocycles. The molecule has 1 aliphatic rings. The summed E-state index contributed by atoms with van der Waals surface area (Å²) in [7, 11) is 0. The predicted octanol–water partition coefficient (Wildman–Crippen LogP) is 2.85. The smallest absolute Gasteiger partial charge is 0.416 e. The number of halogens is 3. The molecule has 0 aliphatic carbocycles. The molecule has 0 radical (unpaired) electrons. The summed E-state index contributed by atoms with van der Waals surface area (Å²) in [5, 5.41) is 2.88. The van der Waals surface area contributed by atoms with E-state index in [1.807, 2.05) is 0 Å². The monoisotopic (exact) mass is 425 g/mol. The highest BCUT2D eigenvalue weighted by atomic mass is 19.4. The van der Waals surface area contributed by atoms with E-state index in [9.17, 15) is 27.6 Å². The van der Waals surface area contributed by atoms with E-state index in [4.69, 9.17) is 11.2 Å². The summed E-state index contributed by atoms with van der Waals surface area (Å²) in [5.74, 6) is 0.678. The number of nitrogens with one attached hydrogen (secondary N) is 1. The summed E-state index contributed by atoms with van der Waals surface area (Å²) in [6, 6.07) is 1.58. The highest BCUT2D eigenvalue weighted by Gasteiger charge is 2.37. The van der Waals surface area contributed by atoms with Gasteiger partial charge in [0.1, 0.15) is 12.6 Å². The molecule has 0 spiro atoms. The van der Waals surface area contributed by atoms with Gasteiger partial charge in [0.05, 0.1) is 12.1 Å². The normalized spacial score (nSPS) is 15.4. The summed E-state index contributed by atoms with van der Waals surface area (Å²) in [4.78, 5) is 38.5. The molecular formula is C20H22F3N3O4. The van der Waals surface area contributed by atoms with E-state index in [1.54, 1.807) is 13.8 Å². The van der Waals surface area contributed by atoms with Crippen molar-refractivity contribution in [3.05, 3.63) is 29.3 Å². The van der Waals surface area contributed by atoms with E-state index in [-0.39, 0.29) is 19.0 Å². The van der Waals surface area contributed by atoms with Gasteiger partial charge in [0, 0.05) is 5.69 Å². The summed E-state index contributed by atoms with van der Waals surface area (Å²) in [6.07, 6.45) is 0.675. The topological polar surface area (TPSA) is 79.0 Å². The van der Waals surface area contributed by atoms with Crippen molar-refractivity contribution >= 4 is 23.6 Å². The Hall–Kier alpha value is -3.22. The van der Waals surface area contributed by atoms with Crippen molar-refractivity contribution < 1.29 is 32.3 Å². The van der Waals surface area contributed by atoms with Crippen LogP contribution in [-0.4, -0.2) is 53.6 Å². The molecule has 1 aromatic carbocycles. The van der Waals surface area contributed by atoms with Gasteiger partial charge in [-0.05, 0) is 36.6 Å². The first kappa shape index (κ1) is 23.1. The number of nitrogens with zero attached hydrogens (tertiary/aromatic N) is 2. The predicted molar refractivity (Wildman–Crippen MR) is 102 cm³/mol. The SMILES string of the molecule is C#CCN1CC(=O)N(COC(=O)C(Nc2ccc(C(F)(F)F)cc2C)C(C)C)C1=O. The minimum Gasteiger partial charge on any atom is -0.442 e. The van der Waals surface area contributed by atoms with Gasteiger partial charge in [-0.1, -0.05) is 19.8 Å². The number of urea groups is 1. The van der Waals surface area contributed by atoms with E-state index in [0.717, 1.165) is 21.9 Å². The molecule has 7 nitrogen and oxygen atoms in total. The third-order valence-corrected chi connectivity index (χ3v) is 4.53. The van der Waals surface area contributed by atoms with Gasteiger partial charge in [-0.2, -0.15) is 13.2 Å². The van der Waals surface area contributed by atoms with E-state index in [2.05, 4.69) is 11.2 Å². The number of imide groups is 1. The lowest BCUT2D eigenvalue weighted by atomic mass is 10.0. The number of anilines is 1. The van der Waals surface area contributed by atoms with Crippen LogP contribution in [0.15, 0.2) is 18.2 Å². The van der Waals surface area contributed by atoms with Crippen LogP contribution in [0.3, 0.4) is 0 Å². The average molecular weight is 425 g/mol. The average Bonchev–Trinajstić information content (AvgIpc) is 2.91. The zero-order chi connectivity index (χ0) is 22.6. The van der Waals surface area contributed by atoms with Crippen LogP contribution in [0.25, 0.3) is 0 Å². The second-order valence-electron chi connectivity index (χ2n) is 7.15. The number of rotatable bonds is 7. The first-order chi connectivity index (χ1) is 14.0. The maximum absolute atomic E-state index is 12.8. The first-order valence-corrected chi connectivity index (χ1v) is 9.09. The van der Waals surface area contributed by atoms with Gasteiger partial charge in [-0.25, -0.2) is 14.5 Å². The Morgan fingerprint density at radius 2 is 2.00 bits per heavy atom. The lowest BCUT2D eigenvalue weighted by Crippen LogP contribution is -2.41. The number of hydrogen-bond donors (Lipinski definition) is 1. The van der Waals surface area contributed by atoms with E-state index >= 15 is 0 Å². The van der Waals surface area contributed by atoms with E-state index in [1.165, 1.54) is 13.0 Å². The number of amides is 3. The summed E-state index contributed by atoms with van der Waals surface area (Å²) in [5.41, 5.74) is -0.151. The molecule has 1 atom stereocenters. The number of benzene rings is 1. The number of alkyl halides is 3. The van der Waals surface area contributed by atoms with Gasteiger partial charge in [-0.3, -0.25) is 4.79 Å². The maximum Gasteiger partial charge on any atom is 0.416 e. The van der Waals surface area contributed by atoms with Gasteiger partial charge in [0.15, 0.2) is 6.73 Å². The van der Waals surface area contributed by atoms with Gasteiger partial charge in [0.2, 0.25) is 0 Å². The Morgan fingerprint density at radius 1 is 1.33 bits per heavy atom. The molecule has 1 unspecified atom stereocenters. The Kier molecular flexibility index (Phi) is 6.97. The van der Waals surface area contributed by atoms with E-state index in [0.29, 0.717) is 11.3 Å². The Balaban J connectivity index is 2.07. The fourth-order valence-corrected chi connectivity index (χ4v) is 2.84. The first-order valence-electron chi connectivity index (χ1n) is 9.09. The Morgan fingerprint density at radius 3 is 2.53 bits per heavy atom. The Labute approximate surface area is 172 Å². The number of aryl methyl sites for hydroxylation is 1. The van der Waals surface area contributed by atoms with Crippen LogP contribution in [0.1, 0.15) is 25.0 Å². The number of carbonyl (C=O) groups is 3. The number of esters is 1. The van der Waals surface area contributed by atoms with Crippen LogP contribution < -0.4 is 5.32 Å². The lowest BCUT2D eigenvalue weighted by Gasteiger charge is -2.24. The van der Waals surface area contributed by atoms with Crippen molar-refractivity contribution in [2.75, 3.05) is 25.1 Å². The molecule has 1 saturated heterocycles. The fraction of sp³-hybridized carbons (Fsp3) is 0.450. The van der Waals surface area contributed by atoms with Crippen LogP contribution >= 0.6 is 0 Å². The van der Waals surface area contributed by atoms with Gasteiger partial charge in [0.25, 0.3) is 5.91 Å². The second kappa shape index (κ2) is 9.07. The van der Waals surface area contributed by atoms with Gasteiger partial charge < -0.3 is 15.0 Å². The Bertz CT molecular complexity index is 877. The number of terminal acetylenes is 1. The molecule has 1 aliphatic heterocycles. The molecule has 1 N–H and O–H groups in total. The summed E-state index contributed by atoms with van der Waals surface area (Å²) < 4.78 is 43.6. The third-order valence-electron chi connectivity index (χ3n) is 4.53. The minimum atomic E-state index is -4.47. The van der Waals surface area contributed by atoms with Gasteiger partial charge >= 0.3 is 18.2 Å². The molecule has 1 fully saturated rings. The van der Waals surface area contributed by atoms with E-state index < -0.39 is 42.4 Å². The molecular weight excluding hydrogens is 403 g/mol. The van der Waals surface area contributed by atoms with Crippen molar-refractivity contribution in [3.8, 4) is 12.3 Å². The largest absolute Gasteiger partial charge is 0.442 e. The highest BCUT2D eigenvalue weighted by molar-refractivity contribution is 6.02. The second-order valence-corrected chi connectivity index (χ2v) is 7.15. The summed E-state index contributed by atoms with van der Waals surface area (Å²) in [6.45, 7) is 4.12. The molecule has 30 heavy (non-hydrogen) atoms. The number of carbonyl (C=O) groups excluding carboxylic acids is 3. The zero-order valence-electron chi connectivity index (χ0n) is 16.7. The van der Waals surface area contributed by atoms with Crippen molar-refractivity contribution in [2.45, 2.75) is 33.0 Å². The number of hydrogen-bond acceptors (Lipinski definition) is 5. The van der Waals surface area contributed by atoms with Crippen molar-refractivity contribution in [1.29, 1.82) is 0 Å². The molecule has 3 amide bonds. The maximum atomic E-state index is 12.8. The van der Waals surface area contributed by atoms with Crippen LogP contribution in [0, 0.1) is 25.2 Å².